The number of rotatable bonds is 10. The van der Waals surface area contributed by atoms with Gasteiger partial charge in [-0.15, -0.1) is 6.58 Å². The highest BCUT2D eigenvalue weighted by atomic mass is 28.4. The van der Waals surface area contributed by atoms with Gasteiger partial charge in [0.2, 0.25) is 0 Å². The zero-order chi connectivity index (χ0) is 15.1. The van der Waals surface area contributed by atoms with Crippen LogP contribution >= 0.6 is 0 Å². The second-order valence-corrected chi connectivity index (χ2v) is 7.50. The van der Waals surface area contributed by atoms with Gasteiger partial charge in [-0.05, 0) is 40.3 Å². The molecule has 0 spiro atoms. The molecule has 6 heteroatoms. The van der Waals surface area contributed by atoms with Crippen molar-refractivity contribution in [1.29, 1.82) is 0 Å². The van der Waals surface area contributed by atoms with Crippen LogP contribution in [0.4, 0.5) is 0 Å². The van der Waals surface area contributed by atoms with Crippen molar-refractivity contribution >= 4 is 18.6 Å². The van der Waals surface area contributed by atoms with E-state index in [9.17, 15) is 0 Å². The first-order valence-corrected chi connectivity index (χ1v) is 9.99. The first kappa shape index (κ1) is 21.1. The number of hydrogen-bond acceptors (Lipinski definition) is 4. The summed E-state index contributed by atoms with van der Waals surface area (Å²) >= 11 is 0. The predicted octanol–water partition coefficient (Wildman–Crippen LogP) is 2.40. The lowest BCUT2D eigenvalue weighted by Gasteiger charge is -2.24. The molecule has 0 aliphatic carbocycles. The van der Waals surface area contributed by atoms with Gasteiger partial charge in [0.25, 0.3) is 0 Å². The van der Waals surface area contributed by atoms with Gasteiger partial charge in [0.15, 0.2) is 9.76 Å². The van der Waals surface area contributed by atoms with Crippen LogP contribution in [0.2, 0.25) is 0 Å². The van der Waals surface area contributed by atoms with E-state index in [2.05, 4.69) is 13.2 Å². The highest BCUT2D eigenvalue weighted by molar-refractivity contribution is 6.66. The molecule has 19 heavy (non-hydrogen) atoms. The first-order chi connectivity index (χ1) is 9.01. The fourth-order valence-corrected chi connectivity index (χ4v) is 3.50. The van der Waals surface area contributed by atoms with E-state index in [0.29, 0.717) is 25.9 Å². The van der Waals surface area contributed by atoms with E-state index in [4.69, 9.17) is 17.7 Å². The Morgan fingerprint density at radius 3 is 1.58 bits per heavy atom. The lowest BCUT2D eigenvalue weighted by Crippen LogP contribution is -2.44. The summed E-state index contributed by atoms with van der Waals surface area (Å²) in [6.07, 6.45) is 0.393. The van der Waals surface area contributed by atoms with Crippen LogP contribution in [0.3, 0.4) is 0 Å². The van der Waals surface area contributed by atoms with Gasteiger partial charge < -0.3 is 17.7 Å². The third-order valence-corrected chi connectivity index (χ3v) is 5.50. The van der Waals surface area contributed by atoms with Crippen molar-refractivity contribution in [2.45, 2.75) is 40.7 Å². The van der Waals surface area contributed by atoms with Gasteiger partial charge in [0, 0.05) is 25.9 Å². The Morgan fingerprint density at radius 2 is 1.42 bits per heavy atom. The predicted molar refractivity (Wildman–Crippen MR) is 85.8 cm³/mol. The number of hydrogen-bond donors (Lipinski definition) is 0. The van der Waals surface area contributed by atoms with Crippen LogP contribution in [0.1, 0.15) is 34.6 Å². The molecule has 0 N–H and O–H groups in total. The van der Waals surface area contributed by atoms with E-state index in [1.54, 1.807) is 5.70 Å². The van der Waals surface area contributed by atoms with E-state index in [-0.39, 0.29) is 9.76 Å². The van der Waals surface area contributed by atoms with E-state index in [0.717, 1.165) is 0 Å². The standard InChI is InChI=1S/C8H18O3Si.C5H12OSi/c1-5-9-12(8-4,10-6-2)11-7-3;1-4-7-6-5(2)3/h8H,4-7H2,1-3H3;4-5H,1,7H2,2-3H3. The van der Waals surface area contributed by atoms with E-state index in [1.807, 2.05) is 40.3 Å². The molecule has 114 valence electrons. The maximum absolute atomic E-state index is 5.44. The van der Waals surface area contributed by atoms with Gasteiger partial charge in [-0.3, -0.25) is 0 Å². The van der Waals surface area contributed by atoms with Crippen LogP contribution in [-0.4, -0.2) is 44.5 Å². The highest BCUT2D eigenvalue weighted by Gasteiger charge is 2.36. The van der Waals surface area contributed by atoms with Crippen molar-refractivity contribution in [3.63, 3.8) is 0 Å². The molecule has 0 aliphatic rings. The second kappa shape index (κ2) is 14.2. The molecule has 0 heterocycles. The fourth-order valence-electron chi connectivity index (χ4n) is 1.17. The smallest absolute Gasteiger partial charge is 0.417 e. The van der Waals surface area contributed by atoms with Gasteiger partial charge >= 0.3 is 8.80 Å². The van der Waals surface area contributed by atoms with E-state index >= 15 is 0 Å². The van der Waals surface area contributed by atoms with Crippen LogP contribution < -0.4 is 0 Å². The minimum absolute atomic E-state index is 0.362. The van der Waals surface area contributed by atoms with Crippen LogP contribution in [0.25, 0.3) is 0 Å². The average molecular weight is 307 g/mol. The Hall–Kier alpha value is -0.246. The first-order valence-electron chi connectivity index (χ1n) is 6.79. The summed E-state index contributed by atoms with van der Waals surface area (Å²) in [7, 11) is -2.87. The van der Waals surface area contributed by atoms with Crippen molar-refractivity contribution in [1.82, 2.24) is 0 Å². The molecule has 0 rings (SSSR count). The molecule has 0 aliphatic heterocycles. The van der Waals surface area contributed by atoms with E-state index in [1.165, 1.54) is 0 Å². The van der Waals surface area contributed by atoms with Crippen LogP contribution in [0.15, 0.2) is 24.6 Å². The zero-order valence-corrected chi connectivity index (χ0v) is 15.5. The lowest BCUT2D eigenvalue weighted by atomic mass is 10.5. The maximum Gasteiger partial charge on any atom is 0.528 e. The summed E-state index contributed by atoms with van der Waals surface area (Å²) in [5.74, 6) is 0. The molecule has 0 saturated carbocycles. The molecular weight excluding hydrogens is 276 g/mol. The Labute approximate surface area is 122 Å². The molecular formula is C13H30O4Si2. The topological polar surface area (TPSA) is 36.9 Å². The van der Waals surface area contributed by atoms with Gasteiger partial charge in [-0.2, -0.15) is 0 Å². The molecule has 0 radical (unpaired) electrons. The van der Waals surface area contributed by atoms with Gasteiger partial charge in [-0.1, -0.05) is 12.3 Å². The van der Waals surface area contributed by atoms with Crippen molar-refractivity contribution in [2.75, 3.05) is 19.8 Å². The van der Waals surface area contributed by atoms with Crippen molar-refractivity contribution < 1.29 is 17.7 Å². The Balaban J connectivity index is 0. The minimum Gasteiger partial charge on any atom is -0.417 e. The Kier molecular flexibility index (Phi) is 15.7. The minimum atomic E-state index is -2.51. The normalized spacial score (nSPS) is 11.5. The molecule has 0 unspecified atom stereocenters. The molecule has 0 aromatic heterocycles. The summed E-state index contributed by atoms with van der Waals surface area (Å²) in [6, 6.07) is 0. The van der Waals surface area contributed by atoms with Gasteiger partial charge in [0.05, 0.1) is 0 Å². The van der Waals surface area contributed by atoms with E-state index < -0.39 is 8.80 Å². The highest BCUT2D eigenvalue weighted by Crippen LogP contribution is 2.10. The molecule has 0 saturated heterocycles. The molecule has 0 fully saturated rings. The molecule has 0 bridgehead atoms. The zero-order valence-electron chi connectivity index (χ0n) is 13.1. The van der Waals surface area contributed by atoms with Crippen LogP contribution in [0.5, 0.6) is 0 Å². The summed E-state index contributed by atoms with van der Waals surface area (Å²) in [6.45, 7) is 18.9. The van der Waals surface area contributed by atoms with Crippen LogP contribution in [0, 0.1) is 0 Å². The summed E-state index contributed by atoms with van der Waals surface area (Å²) in [5, 5.41) is 0. The Morgan fingerprint density at radius 1 is 1.00 bits per heavy atom. The molecule has 0 amide bonds. The third-order valence-electron chi connectivity index (χ3n) is 1.83. The van der Waals surface area contributed by atoms with Gasteiger partial charge in [0.1, 0.15) is 0 Å². The molecule has 4 nitrogen and oxygen atoms in total. The quantitative estimate of drug-likeness (QED) is 0.581. The lowest BCUT2D eigenvalue weighted by molar-refractivity contribution is 0.0844. The van der Waals surface area contributed by atoms with Crippen LogP contribution in [-0.2, 0) is 17.7 Å². The SMILES string of the molecule is C=C[SiH2]OC(C)C.C=C[Si](OCC)(OCC)OCC. The monoisotopic (exact) mass is 306 g/mol. The third kappa shape index (κ3) is 12.5. The molecule has 0 aromatic rings. The largest absolute Gasteiger partial charge is 0.528 e. The van der Waals surface area contributed by atoms with Crippen molar-refractivity contribution in [2.24, 2.45) is 0 Å². The maximum atomic E-state index is 5.44. The van der Waals surface area contributed by atoms with Crippen molar-refractivity contribution in [3.05, 3.63) is 24.6 Å². The second-order valence-electron chi connectivity index (χ2n) is 3.78. The molecule has 0 atom stereocenters. The van der Waals surface area contributed by atoms with Crippen molar-refractivity contribution in [3.8, 4) is 0 Å². The Bertz CT molecular complexity index is 206. The summed E-state index contributed by atoms with van der Waals surface area (Å²) in [5.41, 5.74) is 3.56. The molecule has 0 aromatic carbocycles. The fraction of sp³-hybridized carbons (Fsp3) is 0.692. The average Bonchev–Trinajstić information content (AvgIpc) is 2.38. The summed E-state index contributed by atoms with van der Waals surface area (Å²) < 4.78 is 21.5. The van der Waals surface area contributed by atoms with Gasteiger partial charge in [-0.25, -0.2) is 0 Å². The summed E-state index contributed by atoms with van der Waals surface area (Å²) in [4.78, 5) is 0.